The van der Waals surface area contributed by atoms with E-state index in [2.05, 4.69) is 10.6 Å². The second kappa shape index (κ2) is 8.85. The summed E-state index contributed by atoms with van der Waals surface area (Å²) in [5, 5.41) is 4.97. The number of nitrogens with one attached hydrogen (secondary N) is 2. The van der Waals surface area contributed by atoms with E-state index < -0.39 is 27.7 Å². The first kappa shape index (κ1) is 20.7. The summed E-state index contributed by atoms with van der Waals surface area (Å²) in [7, 11) is -1.67. The number of sulfone groups is 1. The van der Waals surface area contributed by atoms with Crippen LogP contribution in [-0.4, -0.2) is 63.8 Å². The third kappa shape index (κ3) is 6.24. The van der Waals surface area contributed by atoms with E-state index in [4.69, 9.17) is 9.47 Å². The molecule has 0 bridgehead atoms. The van der Waals surface area contributed by atoms with Gasteiger partial charge in [-0.3, -0.25) is 14.4 Å². The van der Waals surface area contributed by atoms with Gasteiger partial charge in [0.1, 0.15) is 0 Å². The molecule has 148 valence electrons. The molecule has 1 heterocycles. The van der Waals surface area contributed by atoms with Crippen LogP contribution in [0, 0.1) is 0 Å². The van der Waals surface area contributed by atoms with Crippen molar-refractivity contribution in [3.05, 3.63) is 23.8 Å². The first-order valence-electron chi connectivity index (χ1n) is 8.28. The molecular weight excluding hydrogens is 376 g/mol. The molecule has 9 nitrogen and oxygen atoms in total. The topological polar surface area (TPSA) is 128 Å². The first-order valence-corrected chi connectivity index (χ1v) is 10.1. The zero-order valence-electron chi connectivity index (χ0n) is 15.1. The molecule has 27 heavy (non-hydrogen) atoms. The predicted octanol–water partition coefficient (Wildman–Crippen LogP) is -0.304. The number of ketones is 1. The van der Waals surface area contributed by atoms with E-state index in [9.17, 15) is 22.8 Å². The molecule has 0 radical (unpaired) electrons. The highest BCUT2D eigenvalue weighted by atomic mass is 32.2. The van der Waals surface area contributed by atoms with Gasteiger partial charge in [-0.05, 0) is 31.5 Å². The van der Waals surface area contributed by atoms with Gasteiger partial charge in [-0.25, -0.2) is 8.42 Å². The van der Waals surface area contributed by atoms with Crippen LogP contribution in [0.4, 0.5) is 0 Å². The molecule has 1 aliphatic heterocycles. The van der Waals surface area contributed by atoms with Crippen molar-refractivity contribution in [2.45, 2.75) is 19.4 Å². The Balaban J connectivity index is 1.78. The number of benzene rings is 1. The van der Waals surface area contributed by atoms with Crippen molar-refractivity contribution in [1.82, 2.24) is 10.6 Å². The number of hydrogen-bond acceptors (Lipinski definition) is 7. The minimum absolute atomic E-state index is 0.0579. The SMILES string of the molecule is COc1cc(C(C)=O)ccc1OCC(=O)NCC(=O)N[C@@H]1CCS(=O)(=O)C1. The second-order valence-corrected chi connectivity index (χ2v) is 8.38. The number of carbonyl (C=O) groups excluding carboxylic acids is 3. The van der Waals surface area contributed by atoms with E-state index in [0.29, 0.717) is 23.5 Å². The summed E-state index contributed by atoms with van der Waals surface area (Å²) >= 11 is 0. The van der Waals surface area contributed by atoms with Crippen LogP contribution in [0.15, 0.2) is 18.2 Å². The van der Waals surface area contributed by atoms with Gasteiger partial charge in [0.2, 0.25) is 5.91 Å². The van der Waals surface area contributed by atoms with Gasteiger partial charge < -0.3 is 20.1 Å². The Labute approximate surface area is 157 Å². The number of methoxy groups -OCH3 is 1. The van der Waals surface area contributed by atoms with Crippen LogP contribution in [-0.2, 0) is 19.4 Å². The minimum Gasteiger partial charge on any atom is -0.493 e. The van der Waals surface area contributed by atoms with E-state index in [0.717, 1.165) is 0 Å². The Morgan fingerprint density at radius 1 is 1.19 bits per heavy atom. The molecule has 1 aromatic carbocycles. The summed E-state index contributed by atoms with van der Waals surface area (Å²) in [4.78, 5) is 35.0. The number of Topliss-reactive ketones (excluding diaryl/α,β-unsaturated/α-hetero) is 1. The van der Waals surface area contributed by atoms with Crippen molar-refractivity contribution < 1.29 is 32.3 Å². The van der Waals surface area contributed by atoms with E-state index in [-0.39, 0.29) is 30.4 Å². The largest absolute Gasteiger partial charge is 0.493 e. The lowest BCUT2D eigenvalue weighted by Crippen LogP contribution is -2.43. The average molecular weight is 398 g/mol. The highest BCUT2D eigenvalue weighted by molar-refractivity contribution is 7.91. The Morgan fingerprint density at radius 2 is 1.93 bits per heavy atom. The highest BCUT2D eigenvalue weighted by Gasteiger charge is 2.28. The van der Waals surface area contributed by atoms with Crippen molar-refractivity contribution in [1.29, 1.82) is 0 Å². The Bertz CT molecular complexity index is 836. The standard InChI is InChI=1S/C17H22N2O7S/c1-11(20)12-3-4-14(15(7-12)25-2)26-9-17(22)18-8-16(21)19-13-5-6-27(23,24)10-13/h3-4,7,13H,5-6,8-10H2,1-2H3,(H,18,22)(H,19,21)/t13-/m1/s1. The van der Waals surface area contributed by atoms with Crippen LogP contribution in [0.3, 0.4) is 0 Å². The number of carbonyl (C=O) groups is 3. The molecule has 1 saturated heterocycles. The maximum absolute atomic E-state index is 11.8. The molecule has 10 heteroatoms. The predicted molar refractivity (Wildman–Crippen MR) is 96.7 cm³/mol. The average Bonchev–Trinajstić information content (AvgIpc) is 2.96. The highest BCUT2D eigenvalue weighted by Crippen LogP contribution is 2.28. The van der Waals surface area contributed by atoms with Crippen molar-refractivity contribution >= 4 is 27.4 Å². The smallest absolute Gasteiger partial charge is 0.258 e. The molecule has 1 aliphatic rings. The van der Waals surface area contributed by atoms with E-state index in [1.54, 1.807) is 6.07 Å². The maximum atomic E-state index is 11.8. The zero-order valence-corrected chi connectivity index (χ0v) is 15.9. The fraction of sp³-hybridized carbons (Fsp3) is 0.471. The number of hydrogen-bond donors (Lipinski definition) is 2. The lowest BCUT2D eigenvalue weighted by atomic mass is 10.1. The lowest BCUT2D eigenvalue weighted by Gasteiger charge is -2.13. The summed E-state index contributed by atoms with van der Waals surface area (Å²) in [5.74, 6) is -0.530. The first-order chi connectivity index (χ1) is 12.7. The van der Waals surface area contributed by atoms with Crippen LogP contribution in [0.1, 0.15) is 23.7 Å². The van der Waals surface area contributed by atoms with Gasteiger partial charge in [0, 0.05) is 11.6 Å². The van der Waals surface area contributed by atoms with Crippen LogP contribution in [0.25, 0.3) is 0 Å². The summed E-state index contributed by atoms with van der Waals surface area (Å²) in [6.45, 7) is 0.800. The van der Waals surface area contributed by atoms with Crippen LogP contribution < -0.4 is 20.1 Å². The van der Waals surface area contributed by atoms with Gasteiger partial charge in [-0.1, -0.05) is 0 Å². The molecule has 0 aromatic heterocycles. The molecule has 2 rings (SSSR count). The maximum Gasteiger partial charge on any atom is 0.258 e. The number of amides is 2. The molecule has 1 aromatic rings. The molecule has 0 unspecified atom stereocenters. The summed E-state index contributed by atoms with van der Waals surface area (Å²) in [6.07, 6.45) is 0.376. The summed E-state index contributed by atoms with van der Waals surface area (Å²) in [6, 6.07) is 4.18. The third-order valence-electron chi connectivity index (χ3n) is 3.97. The van der Waals surface area contributed by atoms with Gasteiger partial charge in [-0.15, -0.1) is 0 Å². The van der Waals surface area contributed by atoms with Gasteiger partial charge in [0.25, 0.3) is 5.91 Å². The molecule has 2 N–H and O–H groups in total. The summed E-state index contributed by atoms with van der Waals surface area (Å²) in [5.41, 5.74) is 0.453. The Hall–Kier alpha value is -2.62. The van der Waals surface area contributed by atoms with Gasteiger partial charge in [-0.2, -0.15) is 0 Å². The van der Waals surface area contributed by atoms with E-state index >= 15 is 0 Å². The van der Waals surface area contributed by atoms with Crippen LogP contribution >= 0.6 is 0 Å². The van der Waals surface area contributed by atoms with Crippen molar-refractivity contribution in [3.63, 3.8) is 0 Å². The lowest BCUT2D eigenvalue weighted by molar-refractivity contribution is -0.127. The fourth-order valence-corrected chi connectivity index (χ4v) is 4.24. The third-order valence-corrected chi connectivity index (χ3v) is 5.74. The Morgan fingerprint density at radius 3 is 2.52 bits per heavy atom. The number of ether oxygens (including phenoxy) is 2. The van der Waals surface area contributed by atoms with Crippen molar-refractivity contribution in [3.8, 4) is 11.5 Å². The van der Waals surface area contributed by atoms with Crippen LogP contribution in [0.5, 0.6) is 11.5 Å². The molecular formula is C17H22N2O7S. The molecule has 1 atom stereocenters. The second-order valence-electron chi connectivity index (χ2n) is 6.15. The molecule has 0 aliphatic carbocycles. The molecule has 0 saturated carbocycles. The molecule has 0 spiro atoms. The van der Waals surface area contributed by atoms with E-state index in [1.165, 1.54) is 26.2 Å². The normalized spacial score (nSPS) is 17.8. The van der Waals surface area contributed by atoms with Crippen LogP contribution in [0.2, 0.25) is 0 Å². The van der Waals surface area contributed by atoms with Gasteiger partial charge in [0.05, 0.1) is 25.2 Å². The zero-order chi connectivity index (χ0) is 20.0. The minimum atomic E-state index is -3.08. The fourth-order valence-electron chi connectivity index (χ4n) is 2.57. The molecule has 1 fully saturated rings. The number of rotatable bonds is 8. The van der Waals surface area contributed by atoms with E-state index in [1.807, 2.05) is 0 Å². The van der Waals surface area contributed by atoms with Gasteiger partial charge >= 0.3 is 0 Å². The summed E-state index contributed by atoms with van der Waals surface area (Å²) < 4.78 is 33.2. The van der Waals surface area contributed by atoms with Crippen molar-refractivity contribution in [2.75, 3.05) is 31.8 Å². The Kier molecular flexibility index (Phi) is 6.78. The van der Waals surface area contributed by atoms with Crippen molar-refractivity contribution in [2.24, 2.45) is 0 Å². The van der Waals surface area contributed by atoms with Gasteiger partial charge in [0.15, 0.2) is 33.7 Å². The monoisotopic (exact) mass is 398 g/mol. The quantitative estimate of drug-likeness (QED) is 0.575. The molecule has 2 amide bonds.